The smallest absolute Gasteiger partial charge is 0.302 e. The van der Waals surface area contributed by atoms with Crippen LogP contribution in [0.1, 0.15) is 25.0 Å². The molecule has 0 fully saturated rings. The molecule has 4 nitrogen and oxygen atoms in total. The maximum Gasteiger partial charge on any atom is 0.302 e. The van der Waals surface area contributed by atoms with Crippen molar-refractivity contribution in [1.82, 2.24) is 0 Å². The molecule has 140 valence electrons. The number of benzene rings is 2. The molecule has 0 aliphatic carbocycles. The molecule has 26 heavy (non-hydrogen) atoms. The van der Waals surface area contributed by atoms with Crippen LogP contribution in [0.2, 0.25) is 0 Å². The van der Waals surface area contributed by atoms with Gasteiger partial charge in [0.2, 0.25) is 0 Å². The van der Waals surface area contributed by atoms with Crippen molar-refractivity contribution in [2.45, 2.75) is 27.2 Å². The van der Waals surface area contributed by atoms with Crippen molar-refractivity contribution >= 4 is 5.97 Å². The molecule has 2 aromatic rings. The third-order valence-corrected chi connectivity index (χ3v) is 3.45. The predicted octanol–water partition coefficient (Wildman–Crippen LogP) is 4.33. The summed E-state index contributed by atoms with van der Waals surface area (Å²) >= 11 is 0. The van der Waals surface area contributed by atoms with E-state index in [2.05, 4.69) is 6.58 Å². The molecule has 0 saturated carbocycles. The van der Waals surface area contributed by atoms with Gasteiger partial charge in [0.25, 0.3) is 0 Å². The van der Waals surface area contributed by atoms with Gasteiger partial charge in [0.15, 0.2) is 0 Å². The van der Waals surface area contributed by atoms with Crippen LogP contribution in [0.3, 0.4) is 0 Å². The summed E-state index contributed by atoms with van der Waals surface area (Å²) in [5.74, 6) is 0.463. The number of hydrogen-bond acceptors (Lipinski definition) is 4. The highest BCUT2D eigenvalue weighted by molar-refractivity contribution is 5.71. The van der Waals surface area contributed by atoms with E-state index in [1.165, 1.54) is 6.92 Å². The van der Waals surface area contributed by atoms with Crippen LogP contribution in [0.5, 0.6) is 5.75 Å². The molecule has 0 bridgehead atoms. The minimum Gasteiger partial charge on any atom is -0.489 e. The highest BCUT2D eigenvalue weighted by Crippen LogP contribution is 2.31. The molecule has 0 atom stereocenters. The van der Waals surface area contributed by atoms with E-state index in [1.54, 1.807) is 6.08 Å². The number of aliphatic hydroxyl groups is 1. The molecule has 0 aliphatic heterocycles. The second kappa shape index (κ2) is 11.9. The first-order valence-electron chi connectivity index (χ1n) is 8.65. The molecule has 2 rings (SSSR count). The minimum atomic E-state index is -0.308. The summed E-state index contributed by atoms with van der Waals surface area (Å²) in [6.07, 6.45) is 2.40. The number of carbonyl (C=O) groups is 1. The van der Waals surface area contributed by atoms with Gasteiger partial charge in [0.05, 0.1) is 0 Å². The molecule has 2 aromatic carbocycles. The summed E-state index contributed by atoms with van der Waals surface area (Å²) in [5, 5.41) is 8.98. The van der Waals surface area contributed by atoms with Crippen LogP contribution in [-0.4, -0.2) is 30.9 Å². The summed E-state index contributed by atoms with van der Waals surface area (Å²) in [6, 6.07) is 14.1. The SMILES string of the molecule is C=CC.CC(=O)OCCOc1cc(C)ccc1-c1ccc(CCO)cc1. The highest BCUT2D eigenvalue weighted by atomic mass is 16.6. The Balaban J connectivity index is 0.00000105. The molecule has 0 aromatic heterocycles. The Morgan fingerprint density at radius 3 is 2.38 bits per heavy atom. The number of ether oxygens (including phenoxy) is 2. The molecule has 4 heteroatoms. The largest absolute Gasteiger partial charge is 0.489 e. The molecule has 0 aliphatic rings. The summed E-state index contributed by atoms with van der Waals surface area (Å²) in [4.78, 5) is 10.8. The Morgan fingerprint density at radius 2 is 1.81 bits per heavy atom. The topological polar surface area (TPSA) is 55.8 Å². The Morgan fingerprint density at radius 1 is 1.15 bits per heavy atom. The fourth-order valence-electron chi connectivity index (χ4n) is 2.30. The van der Waals surface area contributed by atoms with Crippen molar-refractivity contribution in [3.05, 3.63) is 66.2 Å². The van der Waals surface area contributed by atoms with Crippen molar-refractivity contribution in [3.63, 3.8) is 0 Å². The van der Waals surface area contributed by atoms with E-state index in [9.17, 15) is 4.79 Å². The minimum absolute atomic E-state index is 0.147. The quantitative estimate of drug-likeness (QED) is 0.456. The fraction of sp³-hybridized carbons (Fsp3) is 0.318. The van der Waals surface area contributed by atoms with Crippen molar-refractivity contribution in [2.75, 3.05) is 19.8 Å². The Labute approximate surface area is 156 Å². The first-order chi connectivity index (χ1) is 12.5. The fourth-order valence-corrected chi connectivity index (χ4v) is 2.30. The van der Waals surface area contributed by atoms with E-state index in [1.807, 2.05) is 56.3 Å². The molecule has 0 heterocycles. The van der Waals surface area contributed by atoms with E-state index in [4.69, 9.17) is 14.6 Å². The zero-order valence-electron chi connectivity index (χ0n) is 15.8. The normalized spacial score (nSPS) is 9.69. The van der Waals surface area contributed by atoms with Gasteiger partial charge in [-0.3, -0.25) is 4.79 Å². The van der Waals surface area contributed by atoms with Gasteiger partial charge in [-0.25, -0.2) is 0 Å². The number of aryl methyl sites for hydroxylation is 1. The average molecular weight is 356 g/mol. The number of carbonyl (C=O) groups excluding carboxylic acids is 1. The maximum absolute atomic E-state index is 10.8. The summed E-state index contributed by atoms with van der Waals surface area (Å²) in [6.45, 7) is 9.34. The van der Waals surface area contributed by atoms with Gasteiger partial charge in [0.1, 0.15) is 19.0 Å². The van der Waals surface area contributed by atoms with Crippen LogP contribution < -0.4 is 4.74 Å². The zero-order chi connectivity index (χ0) is 19.4. The van der Waals surface area contributed by atoms with Crippen LogP contribution in [0.25, 0.3) is 11.1 Å². The van der Waals surface area contributed by atoms with Crippen molar-refractivity contribution in [3.8, 4) is 16.9 Å². The standard InChI is InChI=1S/C19H22O4.C3H6/c1-14-3-8-18(17-6-4-16(5-7-17)9-10-20)19(13-14)23-12-11-22-15(2)21;1-3-2/h3-8,13,20H,9-12H2,1-2H3;3H,1H2,2H3. The van der Waals surface area contributed by atoms with Crippen LogP contribution in [0, 0.1) is 6.92 Å². The number of aliphatic hydroxyl groups excluding tert-OH is 1. The Kier molecular flexibility index (Phi) is 9.80. The average Bonchev–Trinajstić information content (AvgIpc) is 2.61. The second-order valence-electron chi connectivity index (χ2n) is 5.77. The molecular formula is C22H28O4. The van der Waals surface area contributed by atoms with Gasteiger partial charge in [-0.15, -0.1) is 6.58 Å². The molecule has 0 radical (unpaired) electrons. The lowest BCUT2D eigenvalue weighted by Gasteiger charge is -2.13. The van der Waals surface area contributed by atoms with E-state index in [0.717, 1.165) is 28.0 Å². The van der Waals surface area contributed by atoms with Gasteiger partial charge in [-0.2, -0.15) is 0 Å². The lowest BCUT2D eigenvalue weighted by atomic mass is 10.0. The van der Waals surface area contributed by atoms with Gasteiger partial charge in [-0.05, 0) is 43.0 Å². The van der Waals surface area contributed by atoms with Crippen molar-refractivity contribution in [1.29, 1.82) is 0 Å². The first-order valence-corrected chi connectivity index (χ1v) is 8.65. The molecule has 0 unspecified atom stereocenters. The lowest BCUT2D eigenvalue weighted by molar-refractivity contribution is -0.141. The van der Waals surface area contributed by atoms with Crippen LogP contribution in [0.4, 0.5) is 0 Å². The van der Waals surface area contributed by atoms with Crippen molar-refractivity contribution < 1.29 is 19.4 Å². The van der Waals surface area contributed by atoms with Crippen LogP contribution >= 0.6 is 0 Å². The van der Waals surface area contributed by atoms with Gasteiger partial charge in [-0.1, -0.05) is 42.5 Å². The maximum atomic E-state index is 10.8. The summed E-state index contributed by atoms with van der Waals surface area (Å²) in [7, 11) is 0. The lowest BCUT2D eigenvalue weighted by Crippen LogP contribution is -2.10. The zero-order valence-corrected chi connectivity index (χ0v) is 15.8. The number of hydrogen-bond donors (Lipinski definition) is 1. The Hall–Kier alpha value is -2.59. The van der Waals surface area contributed by atoms with Gasteiger partial charge in [0, 0.05) is 19.1 Å². The Bertz CT molecular complexity index is 690. The van der Waals surface area contributed by atoms with Crippen molar-refractivity contribution in [2.24, 2.45) is 0 Å². The molecule has 0 spiro atoms. The van der Waals surface area contributed by atoms with E-state index in [-0.39, 0.29) is 19.2 Å². The summed E-state index contributed by atoms with van der Waals surface area (Å²) in [5.41, 5.74) is 4.25. The molecular weight excluding hydrogens is 328 g/mol. The van der Waals surface area contributed by atoms with Crippen LogP contribution in [-0.2, 0) is 16.0 Å². The number of rotatable bonds is 7. The van der Waals surface area contributed by atoms with Crippen LogP contribution in [0.15, 0.2) is 55.1 Å². The molecule has 0 saturated heterocycles. The van der Waals surface area contributed by atoms with Gasteiger partial charge < -0.3 is 14.6 Å². The molecule has 1 N–H and O–H groups in total. The first kappa shape index (κ1) is 21.5. The summed E-state index contributed by atoms with van der Waals surface area (Å²) < 4.78 is 10.7. The predicted molar refractivity (Wildman–Crippen MR) is 105 cm³/mol. The van der Waals surface area contributed by atoms with E-state index < -0.39 is 0 Å². The third kappa shape index (κ3) is 7.53. The van der Waals surface area contributed by atoms with E-state index in [0.29, 0.717) is 13.0 Å². The van der Waals surface area contributed by atoms with Gasteiger partial charge >= 0.3 is 5.97 Å². The highest BCUT2D eigenvalue weighted by Gasteiger charge is 2.07. The number of allylic oxidation sites excluding steroid dienone is 1. The number of esters is 1. The second-order valence-corrected chi connectivity index (χ2v) is 5.77. The monoisotopic (exact) mass is 356 g/mol. The molecule has 0 amide bonds. The van der Waals surface area contributed by atoms with E-state index >= 15 is 0 Å². The third-order valence-electron chi connectivity index (χ3n) is 3.45.